The summed E-state index contributed by atoms with van der Waals surface area (Å²) in [6, 6.07) is 4.86. The molecule has 20 heavy (non-hydrogen) atoms. The summed E-state index contributed by atoms with van der Waals surface area (Å²) < 4.78 is 0.941. The van der Waals surface area contributed by atoms with Gasteiger partial charge in [-0.25, -0.2) is 0 Å². The fourth-order valence-corrected chi connectivity index (χ4v) is 3.17. The Morgan fingerprint density at radius 3 is 2.65 bits per heavy atom. The lowest BCUT2D eigenvalue weighted by Crippen LogP contribution is -2.35. The highest BCUT2D eigenvalue weighted by Gasteiger charge is 2.35. The number of pyridine rings is 1. The molecular weight excluding hydrogens is 278 g/mol. The zero-order valence-corrected chi connectivity index (χ0v) is 12.0. The first-order valence-electron chi connectivity index (χ1n) is 6.40. The number of ketones is 1. The summed E-state index contributed by atoms with van der Waals surface area (Å²) in [6.07, 6.45) is 0.771. The minimum atomic E-state index is -0.383. The summed E-state index contributed by atoms with van der Waals surface area (Å²) >= 11 is 6.04. The number of Topliss-reactive ketones (excluding diaryl/α,β-unsaturated/α-hetero) is 1. The first-order chi connectivity index (χ1) is 9.32. The zero-order chi connectivity index (χ0) is 14.7. The molecule has 0 radical (unpaired) electrons. The molecule has 0 spiro atoms. The lowest BCUT2D eigenvalue weighted by Gasteiger charge is -2.30. The molecule has 1 aromatic heterocycles. The molecule has 3 rings (SSSR count). The van der Waals surface area contributed by atoms with Gasteiger partial charge in [-0.2, -0.15) is 4.73 Å². The van der Waals surface area contributed by atoms with Gasteiger partial charge >= 0.3 is 0 Å². The third kappa shape index (κ3) is 1.75. The summed E-state index contributed by atoms with van der Waals surface area (Å²) in [6.45, 7) is 3.89. The number of rotatable bonds is 0. The van der Waals surface area contributed by atoms with Crippen molar-refractivity contribution < 1.29 is 10.0 Å². The average Bonchev–Trinajstić information content (AvgIpc) is 2.33. The van der Waals surface area contributed by atoms with E-state index in [1.165, 1.54) is 0 Å². The van der Waals surface area contributed by atoms with Crippen LogP contribution in [0.4, 0.5) is 0 Å². The van der Waals surface area contributed by atoms with Gasteiger partial charge in [0.1, 0.15) is 0 Å². The number of benzene rings is 1. The lowest BCUT2D eigenvalue weighted by atomic mass is 9.75. The fraction of sp³-hybridized carbons (Fsp3) is 0.333. The molecule has 1 heterocycles. The van der Waals surface area contributed by atoms with E-state index in [1.54, 1.807) is 18.2 Å². The van der Waals surface area contributed by atoms with Gasteiger partial charge in [0.2, 0.25) is 5.43 Å². The van der Waals surface area contributed by atoms with Crippen LogP contribution in [0.5, 0.6) is 0 Å². The van der Waals surface area contributed by atoms with Crippen LogP contribution in [0.2, 0.25) is 5.02 Å². The predicted octanol–water partition coefficient (Wildman–Crippen LogP) is 3.05. The Hall–Kier alpha value is -1.81. The molecule has 1 N–H and O–H groups in total. The molecular formula is C15H14ClNO3. The molecule has 0 atom stereocenters. The fourth-order valence-electron chi connectivity index (χ4n) is 2.91. The largest absolute Gasteiger partial charge is 0.428 e. The van der Waals surface area contributed by atoms with E-state index >= 15 is 0 Å². The molecule has 0 unspecified atom stereocenters. The summed E-state index contributed by atoms with van der Waals surface area (Å²) in [5.41, 5.74) is 0.143. The SMILES string of the molecule is CC1(C)CC(=O)c2c(n(O)c3cccc(Cl)c3c2=O)C1. The van der Waals surface area contributed by atoms with E-state index in [0.717, 1.165) is 4.73 Å². The summed E-state index contributed by atoms with van der Waals surface area (Å²) in [5.74, 6) is -0.231. The van der Waals surface area contributed by atoms with Gasteiger partial charge in [0.15, 0.2) is 5.78 Å². The van der Waals surface area contributed by atoms with E-state index in [9.17, 15) is 14.8 Å². The number of hydrogen-bond acceptors (Lipinski definition) is 3. The number of fused-ring (bicyclic) bond motifs is 2. The Bertz CT molecular complexity index is 805. The van der Waals surface area contributed by atoms with Gasteiger partial charge < -0.3 is 5.21 Å². The van der Waals surface area contributed by atoms with Crippen molar-refractivity contribution in [1.82, 2.24) is 4.73 Å². The van der Waals surface area contributed by atoms with Crippen molar-refractivity contribution in [2.24, 2.45) is 5.41 Å². The van der Waals surface area contributed by atoms with E-state index in [0.29, 0.717) is 24.1 Å². The van der Waals surface area contributed by atoms with Gasteiger partial charge in [0, 0.05) is 6.42 Å². The Morgan fingerprint density at radius 1 is 1.25 bits per heavy atom. The minimum absolute atomic E-state index is 0.0763. The van der Waals surface area contributed by atoms with Crippen molar-refractivity contribution in [3.8, 4) is 0 Å². The normalized spacial score (nSPS) is 17.2. The Kier molecular flexibility index (Phi) is 2.70. The maximum atomic E-state index is 12.5. The number of carbonyl (C=O) groups excluding carboxylic acids is 1. The molecule has 104 valence electrons. The van der Waals surface area contributed by atoms with Gasteiger partial charge in [0.25, 0.3) is 0 Å². The van der Waals surface area contributed by atoms with E-state index < -0.39 is 0 Å². The number of hydrogen-bond donors (Lipinski definition) is 1. The van der Waals surface area contributed by atoms with Gasteiger partial charge in [-0.05, 0) is 24.0 Å². The molecule has 0 saturated heterocycles. The molecule has 4 nitrogen and oxygen atoms in total. The number of carbonyl (C=O) groups is 1. The van der Waals surface area contributed by atoms with Crippen LogP contribution in [0.1, 0.15) is 36.3 Å². The Morgan fingerprint density at radius 2 is 1.95 bits per heavy atom. The van der Waals surface area contributed by atoms with Crippen LogP contribution in [0, 0.1) is 5.41 Å². The predicted molar refractivity (Wildman–Crippen MR) is 76.8 cm³/mol. The monoisotopic (exact) mass is 291 g/mol. The Labute approximate surface area is 120 Å². The molecule has 0 fully saturated rings. The zero-order valence-electron chi connectivity index (χ0n) is 11.2. The molecule has 1 aliphatic carbocycles. The molecule has 0 amide bonds. The third-order valence-electron chi connectivity index (χ3n) is 3.78. The second-order valence-electron chi connectivity index (χ2n) is 6.04. The first-order valence-corrected chi connectivity index (χ1v) is 6.78. The molecule has 5 heteroatoms. The van der Waals surface area contributed by atoms with Crippen molar-refractivity contribution in [1.29, 1.82) is 0 Å². The lowest BCUT2D eigenvalue weighted by molar-refractivity contribution is 0.0885. The minimum Gasteiger partial charge on any atom is -0.428 e. The van der Waals surface area contributed by atoms with Crippen molar-refractivity contribution in [2.75, 3.05) is 0 Å². The molecule has 0 aliphatic heterocycles. The highest BCUT2D eigenvalue weighted by Crippen LogP contribution is 2.35. The third-order valence-corrected chi connectivity index (χ3v) is 4.10. The molecule has 0 saturated carbocycles. The summed E-state index contributed by atoms with van der Waals surface area (Å²) in [5, 5.41) is 10.8. The van der Waals surface area contributed by atoms with Crippen molar-refractivity contribution in [3.63, 3.8) is 0 Å². The molecule has 0 bridgehead atoms. The number of aromatic nitrogens is 1. The van der Waals surface area contributed by atoms with Crippen LogP contribution < -0.4 is 5.43 Å². The highest BCUT2D eigenvalue weighted by atomic mass is 35.5. The van der Waals surface area contributed by atoms with Gasteiger partial charge in [-0.15, -0.1) is 0 Å². The number of halogens is 1. The van der Waals surface area contributed by atoms with Crippen LogP contribution in [-0.4, -0.2) is 15.7 Å². The quantitative estimate of drug-likeness (QED) is 0.759. The Balaban J connectivity index is 2.49. The van der Waals surface area contributed by atoms with E-state index in [4.69, 9.17) is 11.6 Å². The van der Waals surface area contributed by atoms with Crippen molar-refractivity contribution >= 4 is 28.3 Å². The van der Waals surface area contributed by atoms with Crippen LogP contribution in [0.3, 0.4) is 0 Å². The van der Waals surface area contributed by atoms with Crippen LogP contribution in [0.15, 0.2) is 23.0 Å². The van der Waals surface area contributed by atoms with Crippen LogP contribution in [0.25, 0.3) is 10.9 Å². The van der Waals surface area contributed by atoms with Crippen molar-refractivity contribution in [3.05, 3.63) is 44.7 Å². The topological polar surface area (TPSA) is 59.3 Å². The first kappa shape index (κ1) is 13.2. The summed E-state index contributed by atoms with van der Waals surface area (Å²) in [7, 11) is 0. The van der Waals surface area contributed by atoms with E-state index in [1.807, 2.05) is 13.8 Å². The van der Waals surface area contributed by atoms with Crippen LogP contribution in [-0.2, 0) is 6.42 Å². The van der Waals surface area contributed by atoms with Gasteiger partial charge in [0.05, 0.1) is 27.2 Å². The van der Waals surface area contributed by atoms with Gasteiger partial charge in [-0.3, -0.25) is 9.59 Å². The smallest absolute Gasteiger partial charge is 0.202 e. The van der Waals surface area contributed by atoms with Crippen LogP contribution >= 0.6 is 11.6 Å². The summed E-state index contributed by atoms with van der Waals surface area (Å²) in [4.78, 5) is 24.8. The molecule has 1 aromatic carbocycles. The number of nitrogens with zero attached hydrogens (tertiary/aromatic N) is 1. The van der Waals surface area contributed by atoms with E-state index in [-0.39, 0.29) is 32.6 Å². The second-order valence-corrected chi connectivity index (χ2v) is 6.44. The molecule has 2 aromatic rings. The standard InChI is InChI=1S/C15H14ClNO3/c1-15(2)6-10-13(11(18)7-15)14(19)12-8(16)4-3-5-9(12)17(10)20/h3-5,20H,6-7H2,1-2H3. The maximum Gasteiger partial charge on any atom is 0.202 e. The highest BCUT2D eigenvalue weighted by molar-refractivity contribution is 6.35. The second kappa shape index (κ2) is 4.09. The van der Waals surface area contributed by atoms with Crippen molar-refractivity contribution in [2.45, 2.75) is 26.7 Å². The molecule has 1 aliphatic rings. The maximum absolute atomic E-state index is 12.5. The average molecular weight is 292 g/mol. The van der Waals surface area contributed by atoms with Gasteiger partial charge in [-0.1, -0.05) is 31.5 Å². The van der Waals surface area contributed by atoms with E-state index in [2.05, 4.69) is 0 Å².